The lowest BCUT2D eigenvalue weighted by molar-refractivity contribution is -0.697. The molecule has 1 aromatic carbocycles. The molecule has 10 nitrogen and oxygen atoms in total. The van der Waals surface area contributed by atoms with Crippen molar-refractivity contribution < 1.29 is 33.2 Å². The largest absolute Gasteiger partial charge is 0.448 e. The lowest BCUT2D eigenvalue weighted by Gasteiger charge is -2.25. The van der Waals surface area contributed by atoms with E-state index < -0.39 is 12.2 Å². The van der Waals surface area contributed by atoms with Crippen molar-refractivity contribution in [2.75, 3.05) is 57.5 Å². The van der Waals surface area contributed by atoms with Crippen molar-refractivity contribution in [3.63, 3.8) is 0 Å². The van der Waals surface area contributed by atoms with Crippen LogP contribution in [0.15, 0.2) is 53.3 Å². The number of alkyl carbamates (subject to hydrolysis) is 1. The zero-order chi connectivity index (χ0) is 25.8. The number of morpholine rings is 1. The van der Waals surface area contributed by atoms with Crippen molar-refractivity contribution in [3.8, 4) is 0 Å². The molecular formula is C25H32BrN4O6+. The fraction of sp³-hybridized carbons (Fsp3) is 0.440. The van der Waals surface area contributed by atoms with Crippen LogP contribution in [0, 0.1) is 0 Å². The molecule has 0 aliphatic carbocycles. The topological polar surface area (TPSA) is 101 Å². The number of carbonyl (C=O) groups is 3. The van der Waals surface area contributed by atoms with Crippen molar-refractivity contribution in [3.05, 3.63) is 58.8 Å². The number of nitrogens with one attached hydrogen (secondary N) is 1. The summed E-state index contributed by atoms with van der Waals surface area (Å²) in [5.41, 5.74) is 1.22. The van der Waals surface area contributed by atoms with Gasteiger partial charge in [-0.3, -0.25) is 4.79 Å². The first-order chi connectivity index (χ1) is 17.5. The van der Waals surface area contributed by atoms with Gasteiger partial charge in [-0.25, -0.2) is 14.2 Å². The van der Waals surface area contributed by atoms with Crippen molar-refractivity contribution in [1.82, 2.24) is 10.2 Å². The molecule has 0 atom stereocenters. The number of hydrogen-bond donors (Lipinski definition) is 1. The molecular weight excluding hydrogens is 532 g/mol. The SMILES string of the molecule is CCC[n+]1cc(Br)cc(C(=O)N(CCOC(=O)NCCOC(=O)N2CCOCC2)c2ccccc2)c1. The van der Waals surface area contributed by atoms with E-state index in [1.807, 2.05) is 47.3 Å². The van der Waals surface area contributed by atoms with Gasteiger partial charge in [-0.1, -0.05) is 25.1 Å². The highest BCUT2D eigenvalue weighted by molar-refractivity contribution is 9.10. The number of hydrogen-bond acceptors (Lipinski definition) is 6. The summed E-state index contributed by atoms with van der Waals surface area (Å²) < 4.78 is 18.4. The number of ether oxygens (including phenoxy) is 3. The molecule has 3 rings (SSSR count). The van der Waals surface area contributed by atoms with Gasteiger partial charge in [-0.15, -0.1) is 0 Å². The van der Waals surface area contributed by atoms with E-state index in [4.69, 9.17) is 14.2 Å². The molecule has 0 bridgehead atoms. The molecule has 1 aromatic heterocycles. The summed E-state index contributed by atoms with van der Waals surface area (Å²) in [4.78, 5) is 40.6. The molecule has 0 radical (unpaired) electrons. The monoisotopic (exact) mass is 563 g/mol. The van der Waals surface area contributed by atoms with Crippen LogP contribution in [0.25, 0.3) is 0 Å². The van der Waals surface area contributed by atoms with E-state index in [0.717, 1.165) is 17.4 Å². The fourth-order valence-corrected chi connectivity index (χ4v) is 4.13. The number of rotatable bonds is 10. The second kappa shape index (κ2) is 14.4. The molecule has 2 heterocycles. The number of halogens is 1. The van der Waals surface area contributed by atoms with Crippen molar-refractivity contribution >= 4 is 39.7 Å². The van der Waals surface area contributed by atoms with E-state index in [1.165, 1.54) is 0 Å². The van der Waals surface area contributed by atoms with Crippen LogP contribution in [-0.2, 0) is 20.8 Å². The maximum Gasteiger partial charge on any atom is 0.409 e. The Kier molecular flexibility index (Phi) is 11.0. The Bertz CT molecular complexity index is 1020. The van der Waals surface area contributed by atoms with E-state index in [0.29, 0.717) is 37.6 Å². The Morgan fingerprint density at radius 1 is 1.11 bits per heavy atom. The van der Waals surface area contributed by atoms with Crippen LogP contribution in [-0.4, -0.2) is 75.6 Å². The van der Waals surface area contributed by atoms with Crippen molar-refractivity contribution in [2.45, 2.75) is 19.9 Å². The minimum Gasteiger partial charge on any atom is -0.448 e. The van der Waals surface area contributed by atoms with Crippen LogP contribution in [0.3, 0.4) is 0 Å². The molecule has 3 amide bonds. The highest BCUT2D eigenvalue weighted by Gasteiger charge is 2.22. The quantitative estimate of drug-likeness (QED) is 0.352. The standard InChI is InChI=1S/C25H31BrN4O6/c1-2-9-28-18-20(17-21(26)19-28)23(31)30(22-6-4-3-5-7-22)12-16-35-24(32)27-8-13-36-25(33)29-10-14-34-15-11-29/h3-7,17-19H,2,8-16H2,1H3/p+1. The molecule has 11 heteroatoms. The maximum absolute atomic E-state index is 13.4. The Hall–Kier alpha value is -3.18. The number of benzene rings is 1. The van der Waals surface area contributed by atoms with E-state index in [2.05, 4.69) is 28.2 Å². The summed E-state index contributed by atoms with van der Waals surface area (Å²) in [6, 6.07) is 11.0. The third-order valence-electron chi connectivity index (χ3n) is 5.34. The van der Waals surface area contributed by atoms with Gasteiger partial charge in [-0.05, 0) is 34.1 Å². The van der Waals surface area contributed by atoms with Crippen LogP contribution in [0.2, 0.25) is 0 Å². The Balaban J connectivity index is 1.50. The maximum atomic E-state index is 13.4. The Morgan fingerprint density at radius 2 is 1.86 bits per heavy atom. The summed E-state index contributed by atoms with van der Waals surface area (Å²) in [5, 5.41) is 2.55. The average Bonchev–Trinajstić information content (AvgIpc) is 2.89. The van der Waals surface area contributed by atoms with Gasteiger partial charge in [0.05, 0.1) is 30.8 Å². The van der Waals surface area contributed by atoms with Crippen LogP contribution in [0.4, 0.5) is 15.3 Å². The summed E-state index contributed by atoms with van der Waals surface area (Å²) in [6.07, 6.45) is 3.60. The van der Waals surface area contributed by atoms with E-state index in [-0.39, 0.29) is 32.2 Å². The van der Waals surface area contributed by atoms with Gasteiger partial charge >= 0.3 is 12.2 Å². The predicted molar refractivity (Wildman–Crippen MR) is 136 cm³/mol. The zero-order valence-electron chi connectivity index (χ0n) is 20.4. The second-order valence-electron chi connectivity index (χ2n) is 8.05. The Labute approximate surface area is 219 Å². The van der Waals surface area contributed by atoms with Crippen LogP contribution < -0.4 is 14.8 Å². The number of amides is 3. The number of para-hydroxylation sites is 1. The number of aryl methyl sites for hydroxylation is 1. The van der Waals surface area contributed by atoms with Crippen LogP contribution in [0.1, 0.15) is 23.7 Å². The number of aromatic nitrogens is 1. The predicted octanol–water partition coefficient (Wildman–Crippen LogP) is 2.99. The first kappa shape index (κ1) is 27.4. The van der Waals surface area contributed by atoms with Gasteiger partial charge < -0.3 is 29.3 Å². The molecule has 0 spiro atoms. The lowest BCUT2D eigenvalue weighted by Crippen LogP contribution is -2.42. The van der Waals surface area contributed by atoms with Gasteiger partial charge in [-0.2, -0.15) is 0 Å². The molecule has 1 saturated heterocycles. The second-order valence-corrected chi connectivity index (χ2v) is 8.97. The number of carbonyl (C=O) groups excluding carboxylic acids is 3. The van der Waals surface area contributed by atoms with E-state index >= 15 is 0 Å². The van der Waals surface area contributed by atoms with Gasteiger partial charge in [0.25, 0.3) is 5.91 Å². The van der Waals surface area contributed by atoms with Crippen LogP contribution in [0.5, 0.6) is 0 Å². The molecule has 1 fully saturated rings. The molecule has 1 aliphatic rings. The first-order valence-electron chi connectivity index (χ1n) is 11.9. The molecule has 0 unspecified atom stereocenters. The number of nitrogens with zero attached hydrogens (tertiary/aromatic N) is 3. The summed E-state index contributed by atoms with van der Waals surface area (Å²) in [5.74, 6) is -0.202. The average molecular weight is 564 g/mol. The first-order valence-corrected chi connectivity index (χ1v) is 12.7. The van der Waals surface area contributed by atoms with Gasteiger partial charge in [0.15, 0.2) is 12.4 Å². The molecule has 194 valence electrons. The number of anilines is 1. The molecule has 36 heavy (non-hydrogen) atoms. The minimum absolute atomic E-state index is 0.0109. The summed E-state index contributed by atoms with van der Waals surface area (Å²) in [6.45, 7) is 5.12. The highest BCUT2D eigenvalue weighted by Crippen LogP contribution is 2.18. The molecule has 0 saturated carbocycles. The third kappa shape index (κ3) is 8.49. The molecule has 1 aliphatic heterocycles. The third-order valence-corrected chi connectivity index (χ3v) is 5.78. The van der Waals surface area contributed by atoms with Crippen molar-refractivity contribution in [1.29, 1.82) is 0 Å². The Morgan fingerprint density at radius 3 is 2.58 bits per heavy atom. The molecule has 2 aromatic rings. The summed E-state index contributed by atoms with van der Waals surface area (Å²) in [7, 11) is 0. The molecule has 1 N–H and O–H groups in total. The van der Waals surface area contributed by atoms with E-state index in [9.17, 15) is 14.4 Å². The van der Waals surface area contributed by atoms with Gasteiger partial charge in [0, 0.05) is 25.2 Å². The highest BCUT2D eigenvalue weighted by atomic mass is 79.9. The smallest absolute Gasteiger partial charge is 0.409 e. The van der Waals surface area contributed by atoms with Crippen molar-refractivity contribution in [2.24, 2.45) is 0 Å². The zero-order valence-corrected chi connectivity index (χ0v) is 21.9. The van der Waals surface area contributed by atoms with Gasteiger partial charge in [0.2, 0.25) is 0 Å². The van der Waals surface area contributed by atoms with E-state index in [1.54, 1.807) is 15.9 Å². The lowest BCUT2D eigenvalue weighted by atomic mass is 10.2. The normalized spacial score (nSPS) is 13.1. The van der Waals surface area contributed by atoms with Gasteiger partial charge in [0.1, 0.15) is 25.3 Å². The fourth-order valence-electron chi connectivity index (χ4n) is 3.62. The minimum atomic E-state index is -0.652. The van der Waals surface area contributed by atoms with Crippen LogP contribution >= 0.6 is 15.9 Å². The summed E-state index contributed by atoms with van der Waals surface area (Å²) >= 11 is 3.48. The number of pyridine rings is 1.